The fourth-order valence-electron chi connectivity index (χ4n) is 1.27. The Morgan fingerprint density at radius 2 is 1.69 bits per heavy atom. The fourth-order valence-corrected chi connectivity index (χ4v) is 2.49. The second-order valence-corrected chi connectivity index (χ2v) is 10.9. The lowest BCUT2D eigenvalue weighted by atomic mass is 10.1. The third-order valence-electron chi connectivity index (χ3n) is 2.31. The Morgan fingerprint density at radius 3 is 2.15 bits per heavy atom. The minimum absolute atomic E-state index is 0.673. The Hall–Kier alpha value is 0.437. The summed E-state index contributed by atoms with van der Waals surface area (Å²) in [7, 11) is -2.02. The van der Waals surface area contributed by atoms with Gasteiger partial charge in [0, 0.05) is 0 Å². The summed E-state index contributed by atoms with van der Waals surface area (Å²) in [5, 5.41) is 0. The van der Waals surface area contributed by atoms with E-state index in [1.165, 1.54) is 19.3 Å². The summed E-state index contributed by atoms with van der Waals surface area (Å²) in [6.45, 7) is 5.95. The minimum atomic E-state index is -2.02. The highest BCUT2D eigenvalue weighted by atomic mass is 35.6. The van der Waals surface area contributed by atoms with Crippen LogP contribution in [0.1, 0.15) is 45.4 Å². The molecule has 1 unspecified atom stereocenters. The highest BCUT2D eigenvalue weighted by Crippen LogP contribution is 2.21. The third kappa shape index (κ3) is 7.50. The number of hydrogen-bond acceptors (Lipinski definition) is 0. The Morgan fingerprint density at radius 1 is 1.15 bits per heavy atom. The number of unbranched alkanes of at least 4 members (excludes halogenated alkanes) is 4. The summed E-state index contributed by atoms with van der Waals surface area (Å²) < 4.78 is 13.3. The molecule has 0 aromatic carbocycles. The number of hydrogen-bond donors (Lipinski definition) is 0. The van der Waals surface area contributed by atoms with Crippen LogP contribution in [-0.2, 0) is 0 Å². The molecule has 0 fully saturated rings. The van der Waals surface area contributed by atoms with E-state index in [1.54, 1.807) is 0 Å². The van der Waals surface area contributed by atoms with Crippen molar-refractivity contribution in [2.24, 2.45) is 0 Å². The Labute approximate surface area is 87.6 Å². The molecule has 0 amide bonds. The van der Waals surface area contributed by atoms with Gasteiger partial charge in [0.25, 0.3) is 0 Å². The highest BCUT2D eigenvalue weighted by Gasteiger charge is 2.29. The first-order chi connectivity index (χ1) is 5.98. The smallest absolute Gasteiger partial charge is 0.187 e. The zero-order chi connectivity index (χ0) is 10.3. The van der Waals surface area contributed by atoms with Gasteiger partial charge in [-0.05, 0) is 6.42 Å². The standard InChI is InChI=1S/C10H22ClFSi/c1-4-5-6-7-8-9-10(12)13(2,3)11/h10H,4-9H2,1-3H3. The van der Waals surface area contributed by atoms with Gasteiger partial charge in [-0.1, -0.05) is 52.1 Å². The maximum Gasteiger partial charge on any atom is 0.187 e. The Balaban J connectivity index is 3.32. The van der Waals surface area contributed by atoms with Crippen molar-refractivity contribution < 1.29 is 4.39 Å². The molecule has 0 radical (unpaired) electrons. The molecule has 0 aliphatic carbocycles. The van der Waals surface area contributed by atoms with Crippen molar-refractivity contribution in [3.63, 3.8) is 0 Å². The van der Waals surface area contributed by atoms with Gasteiger partial charge in [-0.15, -0.1) is 0 Å². The van der Waals surface area contributed by atoms with Crippen LogP contribution in [0.4, 0.5) is 4.39 Å². The van der Waals surface area contributed by atoms with Gasteiger partial charge in [-0.25, -0.2) is 4.39 Å². The van der Waals surface area contributed by atoms with Crippen LogP contribution < -0.4 is 0 Å². The molecule has 0 spiro atoms. The van der Waals surface area contributed by atoms with Gasteiger partial charge in [0.15, 0.2) is 7.38 Å². The van der Waals surface area contributed by atoms with Crippen molar-refractivity contribution in [2.75, 3.05) is 0 Å². The van der Waals surface area contributed by atoms with Crippen LogP contribution in [0.5, 0.6) is 0 Å². The van der Waals surface area contributed by atoms with Gasteiger partial charge in [0.1, 0.15) is 5.79 Å². The van der Waals surface area contributed by atoms with E-state index >= 15 is 0 Å². The average Bonchev–Trinajstić information content (AvgIpc) is 2.02. The summed E-state index contributed by atoms with van der Waals surface area (Å²) in [4.78, 5) is 0. The molecule has 80 valence electrons. The van der Waals surface area contributed by atoms with E-state index in [9.17, 15) is 4.39 Å². The average molecular weight is 225 g/mol. The molecule has 0 aromatic heterocycles. The lowest BCUT2D eigenvalue weighted by molar-refractivity contribution is 0.392. The van der Waals surface area contributed by atoms with Crippen LogP contribution >= 0.6 is 11.1 Å². The number of rotatable bonds is 7. The normalized spacial score (nSPS) is 14.5. The molecule has 0 rings (SSSR count). The van der Waals surface area contributed by atoms with Crippen molar-refractivity contribution in [3.8, 4) is 0 Å². The van der Waals surface area contributed by atoms with E-state index in [-0.39, 0.29) is 0 Å². The predicted molar refractivity (Wildman–Crippen MR) is 61.6 cm³/mol. The van der Waals surface area contributed by atoms with Gasteiger partial charge < -0.3 is 0 Å². The molecule has 0 saturated heterocycles. The molecule has 13 heavy (non-hydrogen) atoms. The molecule has 0 bridgehead atoms. The molecule has 3 heteroatoms. The summed E-state index contributed by atoms with van der Waals surface area (Å²) in [6.07, 6.45) is 6.60. The van der Waals surface area contributed by atoms with Crippen LogP contribution in [0.25, 0.3) is 0 Å². The largest absolute Gasteiger partial charge is 0.250 e. The highest BCUT2D eigenvalue weighted by molar-refractivity contribution is 7.19. The van der Waals surface area contributed by atoms with Crippen molar-refractivity contribution in [1.82, 2.24) is 0 Å². The van der Waals surface area contributed by atoms with E-state index < -0.39 is 13.2 Å². The summed E-state index contributed by atoms with van der Waals surface area (Å²) >= 11 is 5.99. The van der Waals surface area contributed by atoms with Crippen LogP contribution in [0.3, 0.4) is 0 Å². The first-order valence-corrected chi connectivity index (χ1v) is 9.40. The maximum absolute atomic E-state index is 13.3. The van der Waals surface area contributed by atoms with E-state index in [4.69, 9.17) is 11.1 Å². The Kier molecular flexibility index (Phi) is 7.06. The summed E-state index contributed by atoms with van der Waals surface area (Å²) in [5.41, 5.74) is 0. The van der Waals surface area contributed by atoms with Crippen LogP contribution in [-0.4, -0.2) is 13.2 Å². The van der Waals surface area contributed by atoms with E-state index in [1.807, 2.05) is 13.1 Å². The van der Waals surface area contributed by atoms with Crippen LogP contribution in [0, 0.1) is 0 Å². The predicted octanol–water partition coefficient (Wildman–Crippen LogP) is 4.67. The zero-order valence-corrected chi connectivity index (χ0v) is 10.8. The fraction of sp³-hybridized carbons (Fsp3) is 1.00. The van der Waals surface area contributed by atoms with E-state index in [2.05, 4.69) is 6.92 Å². The second-order valence-electron chi connectivity index (χ2n) is 4.23. The molecule has 0 heterocycles. The number of halogens is 2. The van der Waals surface area contributed by atoms with Gasteiger partial charge in [0.2, 0.25) is 0 Å². The lowest BCUT2D eigenvalue weighted by Gasteiger charge is -2.18. The maximum atomic E-state index is 13.3. The van der Waals surface area contributed by atoms with Gasteiger partial charge in [0.05, 0.1) is 0 Å². The Bertz CT molecular complexity index is 123. The molecule has 0 aromatic rings. The summed E-state index contributed by atoms with van der Waals surface area (Å²) in [5.74, 6) is -0.726. The quantitative estimate of drug-likeness (QED) is 0.335. The lowest BCUT2D eigenvalue weighted by Crippen LogP contribution is -2.31. The molecule has 0 nitrogen and oxygen atoms in total. The third-order valence-corrected chi connectivity index (χ3v) is 4.79. The topological polar surface area (TPSA) is 0 Å². The van der Waals surface area contributed by atoms with Gasteiger partial charge in [-0.2, -0.15) is 11.1 Å². The SMILES string of the molecule is CCCCCCCC(F)[Si](C)(C)Cl. The van der Waals surface area contributed by atoms with Gasteiger partial charge >= 0.3 is 0 Å². The molecule has 0 aliphatic heterocycles. The minimum Gasteiger partial charge on any atom is -0.250 e. The zero-order valence-electron chi connectivity index (χ0n) is 9.08. The molecule has 0 N–H and O–H groups in total. The van der Waals surface area contributed by atoms with E-state index in [0.717, 1.165) is 12.8 Å². The molecular formula is C10H22ClFSi. The van der Waals surface area contributed by atoms with Crippen LogP contribution in [0.2, 0.25) is 13.1 Å². The second kappa shape index (κ2) is 6.83. The van der Waals surface area contributed by atoms with Gasteiger partial charge in [-0.3, -0.25) is 0 Å². The number of alkyl halides is 1. The molecule has 0 saturated carbocycles. The first-order valence-electron chi connectivity index (χ1n) is 5.31. The van der Waals surface area contributed by atoms with E-state index in [0.29, 0.717) is 6.42 Å². The van der Waals surface area contributed by atoms with Crippen molar-refractivity contribution in [1.29, 1.82) is 0 Å². The molecule has 0 aliphatic rings. The van der Waals surface area contributed by atoms with Crippen LogP contribution in [0.15, 0.2) is 0 Å². The van der Waals surface area contributed by atoms with Crippen molar-refractivity contribution >= 4 is 18.5 Å². The van der Waals surface area contributed by atoms with Crippen molar-refractivity contribution in [3.05, 3.63) is 0 Å². The summed E-state index contributed by atoms with van der Waals surface area (Å²) in [6, 6.07) is 0. The molecular weight excluding hydrogens is 203 g/mol. The first kappa shape index (κ1) is 13.4. The van der Waals surface area contributed by atoms with Crippen molar-refractivity contribution in [2.45, 2.75) is 64.3 Å². The monoisotopic (exact) mass is 224 g/mol. The molecule has 1 atom stereocenters.